The largest absolute Gasteiger partial charge is 0.304 e. The second kappa shape index (κ2) is 2.93. The molecule has 2 rings (SSSR count). The van der Waals surface area contributed by atoms with Crippen molar-refractivity contribution < 1.29 is 8.42 Å². The third-order valence-corrected chi connectivity index (χ3v) is 5.20. The van der Waals surface area contributed by atoms with Crippen LogP contribution in [0.25, 0.3) is 0 Å². The van der Waals surface area contributed by atoms with Crippen LogP contribution in [0.4, 0.5) is 0 Å². The van der Waals surface area contributed by atoms with Crippen molar-refractivity contribution in [2.75, 3.05) is 27.2 Å². The van der Waals surface area contributed by atoms with Gasteiger partial charge in [0.15, 0.2) is 0 Å². The maximum absolute atomic E-state index is 11.7. The quantitative estimate of drug-likeness (QED) is 0.635. The van der Waals surface area contributed by atoms with Gasteiger partial charge in [-0.05, 0) is 26.9 Å². The van der Waals surface area contributed by atoms with Crippen molar-refractivity contribution in [3.8, 4) is 0 Å². The SMILES string of the molecule is CN(C)C1CN(S(=O)(=O)C2CC2)C1. The number of nitrogens with zero attached hydrogens (tertiary/aromatic N) is 2. The zero-order valence-electron chi connectivity index (χ0n) is 8.10. The highest BCUT2D eigenvalue weighted by molar-refractivity contribution is 7.90. The van der Waals surface area contributed by atoms with E-state index in [1.165, 1.54) is 0 Å². The van der Waals surface area contributed by atoms with E-state index in [-0.39, 0.29) is 5.25 Å². The Morgan fingerprint density at radius 2 is 1.77 bits per heavy atom. The molecular formula is C8H16N2O2S. The lowest BCUT2D eigenvalue weighted by atomic mass is 10.2. The van der Waals surface area contributed by atoms with E-state index in [1.54, 1.807) is 4.31 Å². The van der Waals surface area contributed by atoms with Gasteiger partial charge >= 0.3 is 0 Å². The molecule has 13 heavy (non-hydrogen) atoms. The van der Waals surface area contributed by atoms with Gasteiger partial charge in [-0.1, -0.05) is 0 Å². The van der Waals surface area contributed by atoms with Gasteiger partial charge in [-0.15, -0.1) is 0 Å². The molecule has 0 aromatic carbocycles. The molecule has 1 aliphatic heterocycles. The highest BCUT2D eigenvalue weighted by atomic mass is 32.2. The zero-order valence-corrected chi connectivity index (χ0v) is 8.92. The third kappa shape index (κ3) is 1.60. The molecule has 0 unspecified atom stereocenters. The molecule has 1 aliphatic carbocycles. The summed E-state index contributed by atoms with van der Waals surface area (Å²) in [5.74, 6) is 0. The molecule has 2 fully saturated rings. The van der Waals surface area contributed by atoms with Crippen molar-refractivity contribution in [3.05, 3.63) is 0 Å². The van der Waals surface area contributed by atoms with E-state index in [9.17, 15) is 8.42 Å². The van der Waals surface area contributed by atoms with E-state index in [4.69, 9.17) is 0 Å². The van der Waals surface area contributed by atoms with Crippen molar-refractivity contribution in [2.24, 2.45) is 0 Å². The molecule has 0 bridgehead atoms. The Hall–Kier alpha value is -0.130. The first-order valence-corrected chi connectivity index (χ1v) is 6.17. The Kier molecular flexibility index (Phi) is 2.13. The molecule has 0 spiro atoms. The average Bonchev–Trinajstić information content (AvgIpc) is 2.59. The van der Waals surface area contributed by atoms with E-state index in [1.807, 2.05) is 14.1 Å². The summed E-state index contributed by atoms with van der Waals surface area (Å²) in [6, 6.07) is 0.425. The summed E-state index contributed by atoms with van der Waals surface area (Å²) in [6.45, 7) is 1.37. The van der Waals surface area contributed by atoms with Gasteiger partial charge in [0.1, 0.15) is 0 Å². The highest BCUT2D eigenvalue weighted by Crippen LogP contribution is 2.33. The maximum atomic E-state index is 11.7. The van der Waals surface area contributed by atoms with Crippen molar-refractivity contribution >= 4 is 10.0 Å². The zero-order chi connectivity index (χ0) is 9.64. The Balaban J connectivity index is 1.92. The molecule has 4 nitrogen and oxygen atoms in total. The summed E-state index contributed by atoms with van der Waals surface area (Å²) in [6.07, 6.45) is 1.73. The average molecular weight is 204 g/mol. The summed E-state index contributed by atoms with van der Waals surface area (Å²) in [5.41, 5.74) is 0. The second-order valence-corrected chi connectivity index (χ2v) is 6.39. The van der Waals surface area contributed by atoms with Crippen LogP contribution in [-0.4, -0.2) is 56.1 Å². The van der Waals surface area contributed by atoms with E-state index in [0.29, 0.717) is 19.1 Å². The molecular weight excluding hydrogens is 188 g/mol. The monoisotopic (exact) mass is 204 g/mol. The van der Waals surface area contributed by atoms with Gasteiger partial charge < -0.3 is 4.90 Å². The second-order valence-electron chi connectivity index (χ2n) is 4.18. The van der Waals surface area contributed by atoms with Crippen LogP contribution in [0.5, 0.6) is 0 Å². The van der Waals surface area contributed by atoms with E-state index >= 15 is 0 Å². The normalized spacial score (nSPS) is 26.4. The summed E-state index contributed by atoms with van der Waals surface area (Å²) in [7, 11) is 1.09. The van der Waals surface area contributed by atoms with Gasteiger partial charge in [-0.2, -0.15) is 4.31 Å². The lowest BCUT2D eigenvalue weighted by Gasteiger charge is -2.41. The summed E-state index contributed by atoms with van der Waals surface area (Å²) in [5, 5.41) is -0.0457. The predicted octanol–water partition coefficient (Wildman–Crippen LogP) is -0.276. The molecule has 1 heterocycles. The molecule has 5 heteroatoms. The number of hydrogen-bond acceptors (Lipinski definition) is 3. The number of likely N-dealkylation sites (N-methyl/N-ethyl adjacent to an activating group) is 1. The first-order valence-electron chi connectivity index (χ1n) is 4.67. The smallest absolute Gasteiger partial charge is 0.217 e. The van der Waals surface area contributed by atoms with Crippen LogP contribution in [0.3, 0.4) is 0 Å². The topological polar surface area (TPSA) is 40.6 Å². The van der Waals surface area contributed by atoms with E-state index in [0.717, 1.165) is 12.8 Å². The lowest BCUT2D eigenvalue weighted by molar-refractivity contribution is 0.134. The molecule has 0 amide bonds. The van der Waals surface area contributed by atoms with Gasteiger partial charge in [0.05, 0.1) is 5.25 Å². The van der Waals surface area contributed by atoms with Crippen LogP contribution in [0, 0.1) is 0 Å². The van der Waals surface area contributed by atoms with Crippen molar-refractivity contribution in [1.82, 2.24) is 9.21 Å². The minimum absolute atomic E-state index is 0.0457. The predicted molar refractivity (Wildman–Crippen MR) is 51.0 cm³/mol. The standard InChI is InChI=1S/C8H16N2O2S/c1-9(2)7-5-10(6-7)13(11,12)8-3-4-8/h7-8H,3-6H2,1-2H3. The van der Waals surface area contributed by atoms with Crippen LogP contribution in [0.15, 0.2) is 0 Å². The van der Waals surface area contributed by atoms with Gasteiger partial charge in [0.25, 0.3) is 0 Å². The molecule has 0 aromatic heterocycles. The molecule has 1 saturated carbocycles. The maximum Gasteiger partial charge on any atom is 0.217 e. The third-order valence-electron chi connectivity index (χ3n) is 2.86. The fraction of sp³-hybridized carbons (Fsp3) is 1.00. The van der Waals surface area contributed by atoms with E-state index < -0.39 is 10.0 Å². The number of sulfonamides is 1. The molecule has 1 saturated heterocycles. The summed E-state index contributed by atoms with van der Waals surface area (Å²) >= 11 is 0. The van der Waals surface area contributed by atoms with Gasteiger partial charge in [-0.3, -0.25) is 0 Å². The van der Waals surface area contributed by atoms with Crippen LogP contribution < -0.4 is 0 Å². The van der Waals surface area contributed by atoms with Gasteiger partial charge in [0, 0.05) is 19.1 Å². The van der Waals surface area contributed by atoms with Crippen LogP contribution in [0.2, 0.25) is 0 Å². The van der Waals surface area contributed by atoms with E-state index in [2.05, 4.69) is 4.90 Å². The molecule has 0 radical (unpaired) electrons. The molecule has 0 N–H and O–H groups in total. The minimum atomic E-state index is -2.89. The minimum Gasteiger partial charge on any atom is -0.304 e. The number of rotatable bonds is 3. The van der Waals surface area contributed by atoms with Crippen molar-refractivity contribution in [2.45, 2.75) is 24.1 Å². The van der Waals surface area contributed by atoms with Gasteiger partial charge in [-0.25, -0.2) is 8.42 Å². The first kappa shape index (κ1) is 9.43. The lowest BCUT2D eigenvalue weighted by Crippen LogP contribution is -2.59. The van der Waals surface area contributed by atoms with Crippen molar-refractivity contribution in [1.29, 1.82) is 0 Å². The fourth-order valence-corrected chi connectivity index (χ4v) is 3.44. The Labute approximate surface area is 79.6 Å². The summed E-state index contributed by atoms with van der Waals surface area (Å²) in [4.78, 5) is 2.08. The highest BCUT2D eigenvalue weighted by Gasteiger charge is 2.45. The Bertz CT molecular complexity index is 289. The Morgan fingerprint density at radius 1 is 1.23 bits per heavy atom. The molecule has 76 valence electrons. The molecule has 0 atom stereocenters. The van der Waals surface area contributed by atoms with Crippen LogP contribution in [-0.2, 0) is 10.0 Å². The number of hydrogen-bond donors (Lipinski definition) is 0. The van der Waals surface area contributed by atoms with Crippen molar-refractivity contribution in [3.63, 3.8) is 0 Å². The first-order chi connectivity index (χ1) is 6.01. The van der Waals surface area contributed by atoms with Crippen LogP contribution >= 0.6 is 0 Å². The fourth-order valence-electron chi connectivity index (χ4n) is 1.53. The van der Waals surface area contributed by atoms with Crippen LogP contribution in [0.1, 0.15) is 12.8 Å². The molecule has 2 aliphatic rings. The summed E-state index contributed by atoms with van der Waals surface area (Å²) < 4.78 is 24.9. The molecule has 0 aromatic rings. The van der Waals surface area contributed by atoms with Gasteiger partial charge in [0.2, 0.25) is 10.0 Å². The Morgan fingerprint density at radius 3 is 2.15 bits per heavy atom.